The highest BCUT2D eigenvalue weighted by Crippen LogP contribution is 2.17. The molecule has 0 radical (unpaired) electrons. The molecule has 4 nitrogen and oxygen atoms in total. The quantitative estimate of drug-likeness (QED) is 0.692. The van der Waals surface area contributed by atoms with Crippen LogP contribution < -0.4 is 5.32 Å². The van der Waals surface area contributed by atoms with Gasteiger partial charge in [0.1, 0.15) is 0 Å². The summed E-state index contributed by atoms with van der Waals surface area (Å²) < 4.78 is 0. The van der Waals surface area contributed by atoms with Crippen LogP contribution in [0.4, 0.5) is 0 Å². The largest absolute Gasteiger partial charge is 0.387 e. The number of amides is 1. The van der Waals surface area contributed by atoms with E-state index < -0.39 is 6.10 Å². The maximum absolute atomic E-state index is 12.2. The second-order valence-corrected chi connectivity index (χ2v) is 5.36. The molecule has 1 heterocycles. The normalized spacial score (nSPS) is 12.3. The summed E-state index contributed by atoms with van der Waals surface area (Å²) >= 11 is 0. The molecular formula is C18H18N2O2. The first kappa shape index (κ1) is 14.4. The zero-order valence-electron chi connectivity index (χ0n) is 12.3. The number of rotatable bonds is 4. The van der Waals surface area contributed by atoms with Gasteiger partial charge in [-0.15, -0.1) is 0 Å². The first-order chi connectivity index (χ1) is 10.6. The molecule has 0 unspecified atom stereocenters. The molecule has 0 bridgehead atoms. The highest BCUT2D eigenvalue weighted by Gasteiger charge is 2.12. The topological polar surface area (TPSA) is 65.1 Å². The highest BCUT2D eigenvalue weighted by molar-refractivity contribution is 5.98. The molecular weight excluding hydrogens is 276 g/mol. The lowest BCUT2D eigenvalue weighted by molar-refractivity contribution is 0.0916. The number of hydrogen-bond acceptors (Lipinski definition) is 2. The third kappa shape index (κ3) is 2.87. The Kier molecular flexibility index (Phi) is 3.94. The number of nitrogens with one attached hydrogen (secondary N) is 2. The Bertz CT molecular complexity index is 807. The van der Waals surface area contributed by atoms with Crippen molar-refractivity contribution in [3.63, 3.8) is 0 Å². The minimum atomic E-state index is -0.707. The summed E-state index contributed by atoms with van der Waals surface area (Å²) in [5, 5.41) is 14.0. The Hall–Kier alpha value is -2.59. The van der Waals surface area contributed by atoms with Crippen LogP contribution in [0, 0.1) is 6.92 Å². The number of H-pyrrole nitrogens is 1. The van der Waals surface area contributed by atoms with Crippen LogP contribution in [0.15, 0.2) is 54.7 Å². The van der Waals surface area contributed by atoms with E-state index in [0.717, 1.165) is 22.0 Å². The molecule has 4 heteroatoms. The van der Waals surface area contributed by atoms with Gasteiger partial charge in [-0.3, -0.25) is 4.79 Å². The second kappa shape index (κ2) is 6.03. The number of carbonyl (C=O) groups excluding carboxylic acids is 1. The fraction of sp³-hybridized carbons (Fsp3) is 0.167. The summed E-state index contributed by atoms with van der Waals surface area (Å²) in [6, 6.07) is 15.0. The van der Waals surface area contributed by atoms with E-state index in [-0.39, 0.29) is 12.5 Å². The van der Waals surface area contributed by atoms with Crippen LogP contribution in [0.1, 0.15) is 27.6 Å². The Balaban J connectivity index is 1.68. The first-order valence-corrected chi connectivity index (χ1v) is 7.24. The summed E-state index contributed by atoms with van der Waals surface area (Å²) in [6.45, 7) is 2.13. The molecule has 3 rings (SSSR count). The van der Waals surface area contributed by atoms with Crippen molar-refractivity contribution >= 4 is 16.8 Å². The van der Waals surface area contributed by atoms with Crippen LogP contribution in [0.3, 0.4) is 0 Å². The van der Waals surface area contributed by atoms with Gasteiger partial charge in [-0.2, -0.15) is 0 Å². The number of aryl methyl sites for hydroxylation is 1. The van der Waals surface area contributed by atoms with Crippen molar-refractivity contribution in [1.82, 2.24) is 10.3 Å². The summed E-state index contributed by atoms with van der Waals surface area (Å²) in [5.74, 6) is -0.185. The Morgan fingerprint density at radius 1 is 1.23 bits per heavy atom. The third-order valence-corrected chi connectivity index (χ3v) is 3.82. The van der Waals surface area contributed by atoms with Crippen LogP contribution in [-0.2, 0) is 0 Å². The molecule has 1 amide bonds. The van der Waals surface area contributed by atoms with Gasteiger partial charge in [0.15, 0.2) is 0 Å². The molecule has 22 heavy (non-hydrogen) atoms. The molecule has 0 fully saturated rings. The second-order valence-electron chi connectivity index (χ2n) is 5.36. The summed E-state index contributed by atoms with van der Waals surface area (Å²) in [4.78, 5) is 15.3. The predicted octanol–water partition coefficient (Wildman–Crippen LogP) is 2.94. The molecule has 2 aromatic carbocycles. The Morgan fingerprint density at radius 3 is 2.86 bits per heavy atom. The fourth-order valence-corrected chi connectivity index (χ4v) is 2.56. The van der Waals surface area contributed by atoms with Crippen LogP contribution in [0.25, 0.3) is 10.9 Å². The smallest absolute Gasteiger partial charge is 0.251 e. The van der Waals surface area contributed by atoms with Crippen molar-refractivity contribution in [2.75, 3.05) is 6.54 Å². The van der Waals surface area contributed by atoms with E-state index in [1.165, 1.54) is 0 Å². The molecule has 3 N–H and O–H groups in total. The van der Waals surface area contributed by atoms with E-state index in [0.29, 0.717) is 5.56 Å². The van der Waals surface area contributed by atoms with E-state index in [1.807, 2.05) is 55.6 Å². The van der Waals surface area contributed by atoms with Crippen molar-refractivity contribution in [3.8, 4) is 0 Å². The van der Waals surface area contributed by atoms with Gasteiger partial charge in [0.2, 0.25) is 0 Å². The van der Waals surface area contributed by atoms with Crippen molar-refractivity contribution < 1.29 is 9.90 Å². The van der Waals surface area contributed by atoms with Crippen LogP contribution in [0.5, 0.6) is 0 Å². The Morgan fingerprint density at radius 2 is 2.05 bits per heavy atom. The van der Waals surface area contributed by atoms with Crippen LogP contribution in [-0.4, -0.2) is 22.5 Å². The van der Waals surface area contributed by atoms with Crippen molar-refractivity contribution in [2.24, 2.45) is 0 Å². The lowest BCUT2D eigenvalue weighted by Gasteiger charge is -2.14. The fourth-order valence-electron chi connectivity index (χ4n) is 2.56. The van der Waals surface area contributed by atoms with Gasteiger partial charge < -0.3 is 15.4 Å². The molecule has 1 aromatic heterocycles. The van der Waals surface area contributed by atoms with Gasteiger partial charge in [0.05, 0.1) is 6.10 Å². The highest BCUT2D eigenvalue weighted by atomic mass is 16.3. The van der Waals surface area contributed by atoms with Gasteiger partial charge in [-0.05, 0) is 42.3 Å². The molecule has 112 valence electrons. The number of hydrogen-bond donors (Lipinski definition) is 3. The van der Waals surface area contributed by atoms with E-state index in [2.05, 4.69) is 10.3 Å². The number of aliphatic hydroxyl groups is 1. The van der Waals surface area contributed by atoms with Gasteiger partial charge in [0.25, 0.3) is 5.91 Å². The standard InChI is InChI=1S/C18H18N2O2/c1-12-4-2-3-5-15(12)17(21)11-20-18(22)14-6-7-16-13(10-14)8-9-19-16/h2-10,17,19,21H,11H2,1H3,(H,20,22)/t17-/m1/s1. The number of carbonyl (C=O) groups is 1. The van der Waals surface area contributed by atoms with Crippen LogP contribution >= 0.6 is 0 Å². The molecule has 0 saturated carbocycles. The summed E-state index contributed by atoms with van der Waals surface area (Å²) in [7, 11) is 0. The average Bonchev–Trinajstić information content (AvgIpc) is 3.00. The average molecular weight is 294 g/mol. The predicted molar refractivity (Wildman–Crippen MR) is 86.8 cm³/mol. The van der Waals surface area contributed by atoms with Gasteiger partial charge in [0, 0.05) is 29.2 Å². The molecule has 0 aliphatic carbocycles. The van der Waals surface area contributed by atoms with Gasteiger partial charge >= 0.3 is 0 Å². The third-order valence-electron chi connectivity index (χ3n) is 3.82. The minimum Gasteiger partial charge on any atom is -0.387 e. The number of fused-ring (bicyclic) bond motifs is 1. The lowest BCUT2D eigenvalue weighted by atomic mass is 10.0. The number of aromatic amines is 1. The SMILES string of the molecule is Cc1ccccc1[C@H](O)CNC(=O)c1ccc2[nH]ccc2c1. The zero-order valence-corrected chi connectivity index (χ0v) is 12.3. The first-order valence-electron chi connectivity index (χ1n) is 7.24. The van der Waals surface area contributed by atoms with E-state index in [1.54, 1.807) is 6.07 Å². The molecule has 0 spiro atoms. The monoisotopic (exact) mass is 294 g/mol. The van der Waals surface area contributed by atoms with E-state index in [4.69, 9.17) is 0 Å². The van der Waals surface area contributed by atoms with E-state index in [9.17, 15) is 9.90 Å². The molecule has 1 atom stereocenters. The van der Waals surface area contributed by atoms with E-state index >= 15 is 0 Å². The minimum absolute atomic E-state index is 0.185. The van der Waals surface area contributed by atoms with Crippen molar-refractivity contribution in [3.05, 3.63) is 71.4 Å². The molecule has 0 saturated heterocycles. The number of benzene rings is 2. The zero-order chi connectivity index (χ0) is 15.5. The maximum atomic E-state index is 12.2. The Labute approximate surface area is 128 Å². The van der Waals surface area contributed by atoms with Crippen molar-refractivity contribution in [2.45, 2.75) is 13.0 Å². The molecule has 0 aliphatic heterocycles. The summed E-state index contributed by atoms with van der Waals surface area (Å²) in [5.41, 5.74) is 3.43. The van der Waals surface area contributed by atoms with Gasteiger partial charge in [-0.1, -0.05) is 24.3 Å². The lowest BCUT2D eigenvalue weighted by Crippen LogP contribution is -2.28. The van der Waals surface area contributed by atoms with Crippen molar-refractivity contribution in [1.29, 1.82) is 0 Å². The van der Waals surface area contributed by atoms with Gasteiger partial charge in [-0.25, -0.2) is 0 Å². The number of aromatic nitrogens is 1. The maximum Gasteiger partial charge on any atom is 0.251 e. The number of aliphatic hydroxyl groups excluding tert-OH is 1. The van der Waals surface area contributed by atoms with Crippen LogP contribution in [0.2, 0.25) is 0 Å². The summed E-state index contributed by atoms with van der Waals surface area (Å²) in [6.07, 6.45) is 1.13. The molecule has 0 aliphatic rings. The molecule has 3 aromatic rings.